The highest BCUT2D eigenvalue weighted by Gasteiger charge is 2.04. The van der Waals surface area contributed by atoms with Crippen molar-refractivity contribution in [3.63, 3.8) is 0 Å². The molecule has 0 saturated heterocycles. The Morgan fingerprint density at radius 1 is 1.06 bits per heavy atom. The minimum atomic E-state index is 0.744. The molecule has 0 amide bonds. The molecule has 0 radical (unpaired) electrons. The summed E-state index contributed by atoms with van der Waals surface area (Å²) >= 11 is 5.83. The van der Waals surface area contributed by atoms with Gasteiger partial charge in [-0.25, -0.2) is 0 Å². The van der Waals surface area contributed by atoms with Crippen LogP contribution in [0.1, 0.15) is 11.3 Å². The summed E-state index contributed by atoms with van der Waals surface area (Å²) in [4.78, 5) is 5.20. The van der Waals surface area contributed by atoms with Crippen LogP contribution in [0.5, 0.6) is 0 Å². The summed E-state index contributed by atoms with van der Waals surface area (Å²) in [6.45, 7) is 0. The maximum absolute atomic E-state index is 5.83. The van der Waals surface area contributed by atoms with Gasteiger partial charge in [0.25, 0.3) is 5.69 Å². The summed E-state index contributed by atoms with van der Waals surface area (Å²) in [7, 11) is 1.64. The zero-order chi connectivity index (χ0) is 12.1. The van der Waals surface area contributed by atoms with E-state index in [0.29, 0.717) is 0 Å². The van der Waals surface area contributed by atoms with Gasteiger partial charge in [-0.15, -0.1) is 0 Å². The lowest BCUT2D eigenvalue weighted by molar-refractivity contribution is -0.886. The van der Waals surface area contributed by atoms with E-state index >= 15 is 0 Å². The van der Waals surface area contributed by atoms with Crippen molar-refractivity contribution in [2.75, 3.05) is 7.11 Å². The van der Waals surface area contributed by atoms with Crippen LogP contribution in [0.3, 0.4) is 0 Å². The summed E-state index contributed by atoms with van der Waals surface area (Å²) in [6.07, 6.45) is 5.87. The van der Waals surface area contributed by atoms with Crippen LogP contribution in [0.15, 0.2) is 48.7 Å². The number of rotatable bonds is 3. The van der Waals surface area contributed by atoms with E-state index in [4.69, 9.17) is 16.4 Å². The van der Waals surface area contributed by atoms with Gasteiger partial charge in [-0.3, -0.25) is 4.84 Å². The normalized spacial score (nSPS) is 10.7. The Kier molecular flexibility index (Phi) is 3.78. The van der Waals surface area contributed by atoms with E-state index in [1.807, 2.05) is 60.8 Å². The third kappa shape index (κ3) is 3.08. The number of nitrogens with zero attached hydrogens (tertiary/aromatic N) is 1. The summed E-state index contributed by atoms with van der Waals surface area (Å²) < 4.78 is 1.70. The van der Waals surface area contributed by atoms with Crippen molar-refractivity contribution >= 4 is 23.8 Å². The molecule has 0 aliphatic heterocycles. The van der Waals surface area contributed by atoms with Crippen LogP contribution >= 0.6 is 11.6 Å². The van der Waals surface area contributed by atoms with Gasteiger partial charge in [-0.1, -0.05) is 23.7 Å². The van der Waals surface area contributed by atoms with E-state index in [0.717, 1.165) is 16.3 Å². The molecule has 0 N–H and O–H groups in total. The van der Waals surface area contributed by atoms with E-state index in [1.165, 1.54) is 0 Å². The molecule has 1 aromatic heterocycles. The molecular formula is C14H13ClNO+. The van der Waals surface area contributed by atoms with Gasteiger partial charge in [0.1, 0.15) is 7.11 Å². The van der Waals surface area contributed by atoms with Crippen LogP contribution in [0.25, 0.3) is 12.2 Å². The first-order valence-electron chi connectivity index (χ1n) is 5.28. The minimum absolute atomic E-state index is 0.744. The molecule has 2 aromatic rings. The smallest absolute Gasteiger partial charge is 0.257 e. The molecule has 0 unspecified atom stereocenters. The Bertz CT molecular complexity index is 520. The molecule has 0 aliphatic rings. The standard InChI is InChI=1S/C14H13ClNO/c1-17-16-11-3-2-4-14(16)10-7-12-5-8-13(15)9-6-12/h2-11H,1H3/q+1/b10-7+. The molecule has 0 fully saturated rings. The topological polar surface area (TPSA) is 13.1 Å². The van der Waals surface area contributed by atoms with Crippen LogP contribution in [0, 0.1) is 0 Å². The fourth-order valence-corrected chi connectivity index (χ4v) is 1.62. The van der Waals surface area contributed by atoms with E-state index in [2.05, 4.69) is 0 Å². The Morgan fingerprint density at radius 3 is 2.53 bits per heavy atom. The van der Waals surface area contributed by atoms with Crippen LogP contribution in [-0.2, 0) is 0 Å². The van der Waals surface area contributed by atoms with Crippen molar-refractivity contribution in [1.29, 1.82) is 0 Å². The van der Waals surface area contributed by atoms with Crippen molar-refractivity contribution in [1.82, 2.24) is 0 Å². The minimum Gasteiger partial charge on any atom is -0.274 e. The molecule has 0 bridgehead atoms. The van der Waals surface area contributed by atoms with Gasteiger partial charge < -0.3 is 0 Å². The lowest BCUT2D eigenvalue weighted by atomic mass is 10.2. The van der Waals surface area contributed by atoms with E-state index in [1.54, 1.807) is 11.8 Å². The molecule has 1 aromatic carbocycles. The predicted molar refractivity (Wildman–Crippen MR) is 69.5 cm³/mol. The second-order valence-electron chi connectivity index (χ2n) is 3.52. The van der Waals surface area contributed by atoms with Crippen LogP contribution in [-0.4, -0.2) is 7.11 Å². The van der Waals surface area contributed by atoms with Gasteiger partial charge in [-0.05, 0) is 29.8 Å². The van der Waals surface area contributed by atoms with Crippen molar-refractivity contribution in [3.8, 4) is 0 Å². The van der Waals surface area contributed by atoms with Crippen LogP contribution in [0.2, 0.25) is 5.02 Å². The molecule has 17 heavy (non-hydrogen) atoms. The lowest BCUT2D eigenvalue weighted by Gasteiger charge is -1.95. The summed E-state index contributed by atoms with van der Waals surface area (Å²) in [6, 6.07) is 13.6. The van der Waals surface area contributed by atoms with Gasteiger partial charge >= 0.3 is 0 Å². The number of hydrogen-bond acceptors (Lipinski definition) is 1. The number of hydrogen-bond donors (Lipinski definition) is 0. The summed E-state index contributed by atoms with van der Waals surface area (Å²) in [5.41, 5.74) is 2.07. The fourth-order valence-electron chi connectivity index (χ4n) is 1.49. The number of pyridine rings is 1. The Morgan fingerprint density at radius 2 is 1.82 bits per heavy atom. The third-order valence-electron chi connectivity index (χ3n) is 2.37. The SMILES string of the molecule is CO[n+]1ccccc1/C=C/c1ccc(Cl)cc1. The largest absolute Gasteiger partial charge is 0.274 e. The Hall–Kier alpha value is -1.80. The van der Waals surface area contributed by atoms with Crippen molar-refractivity contribution in [3.05, 3.63) is 64.9 Å². The Labute approximate surface area is 106 Å². The molecule has 0 aliphatic carbocycles. The Balaban J connectivity index is 2.22. The second kappa shape index (κ2) is 5.51. The van der Waals surface area contributed by atoms with Gasteiger partial charge in [0.05, 0.1) is 0 Å². The van der Waals surface area contributed by atoms with Crippen LogP contribution < -0.4 is 9.57 Å². The zero-order valence-electron chi connectivity index (χ0n) is 9.51. The maximum Gasteiger partial charge on any atom is 0.257 e. The van der Waals surface area contributed by atoms with E-state index in [9.17, 15) is 0 Å². The average Bonchev–Trinajstić information content (AvgIpc) is 2.38. The molecule has 0 saturated carbocycles. The van der Waals surface area contributed by atoms with E-state index < -0.39 is 0 Å². The molecular weight excluding hydrogens is 234 g/mol. The average molecular weight is 247 g/mol. The van der Waals surface area contributed by atoms with E-state index in [-0.39, 0.29) is 0 Å². The van der Waals surface area contributed by atoms with Crippen LogP contribution in [0.4, 0.5) is 0 Å². The van der Waals surface area contributed by atoms with Gasteiger partial charge in [-0.2, -0.15) is 0 Å². The molecule has 0 spiro atoms. The van der Waals surface area contributed by atoms with Crippen molar-refractivity contribution in [2.45, 2.75) is 0 Å². The van der Waals surface area contributed by atoms with Gasteiger partial charge in [0.15, 0.2) is 0 Å². The zero-order valence-corrected chi connectivity index (χ0v) is 10.3. The molecule has 3 heteroatoms. The lowest BCUT2D eigenvalue weighted by Crippen LogP contribution is -2.42. The monoisotopic (exact) mass is 246 g/mol. The highest BCUT2D eigenvalue weighted by atomic mass is 35.5. The highest BCUT2D eigenvalue weighted by molar-refractivity contribution is 6.30. The number of halogens is 1. The first kappa shape index (κ1) is 11.7. The number of aromatic nitrogens is 1. The van der Waals surface area contributed by atoms with Crippen molar-refractivity contribution in [2.24, 2.45) is 0 Å². The predicted octanol–water partition coefficient (Wildman–Crippen LogP) is 2.86. The van der Waals surface area contributed by atoms with Crippen molar-refractivity contribution < 1.29 is 9.57 Å². The first-order chi connectivity index (χ1) is 8.29. The third-order valence-corrected chi connectivity index (χ3v) is 2.62. The quantitative estimate of drug-likeness (QED) is 0.759. The summed E-state index contributed by atoms with van der Waals surface area (Å²) in [5.74, 6) is 0. The molecule has 2 nitrogen and oxygen atoms in total. The second-order valence-corrected chi connectivity index (χ2v) is 3.96. The maximum atomic E-state index is 5.83. The summed E-state index contributed by atoms with van der Waals surface area (Å²) in [5, 5.41) is 0.744. The van der Waals surface area contributed by atoms with Gasteiger partial charge in [0, 0.05) is 28.0 Å². The molecule has 86 valence electrons. The molecule has 1 heterocycles. The molecule has 0 atom stereocenters. The number of benzene rings is 1. The first-order valence-corrected chi connectivity index (χ1v) is 5.66. The van der Waals surface area contributed by atoms with Gasteiger partial charge in [0.2, 0.25) is 6.20 Å². The highest BCUT2D eigenvalue weighted by Crippen LogP contribution is 2.11. The fraction of sp³-hybridized carbons (Fsp3) is 0.0714. The molecule has 2 rings (SSSR count).